The molecule has 9 heteroatoms. The van der Waals surface area contributed by atoms with Gasteiger partial charge in [-0.05, 0) is 61.6 Å². The van der Waals surface area contributed by atoms with Crippen LogP contribution in [-0.2, 0) is 20.7 Å². The molecule has 3 aromatic rings. The number of thiazole rings is 1. The molecule has 0 saturated carbocycles. The fourth-order valence-corrected chi connectivity index (χ4v) is 5.99. The van der Waals surface area contributed by atoms with Crippen molar-refractivity contribution in [2.75, 3.05) is 11.5 Å². The smallest absolute Gasteiger partial charge is 0.350 e. The molecule has 202 valence electrons. The first kappa shape index (κ1) is 26.6. The molecule has 2 atom stereocenters. The molecule has 0 radical (unpaired) electrons. The normalized spacial score (nSPS) is 19.9. The van der Waals surface area contributed by atoms with Crippen molar-refractivity contribution in [3.8, 4) is 5.75 Å². The number of carbonyl (C=O) groups excluding carboxylic acids is 3. The lowest BCUT2D eigenvalue weighted by Crippen LogP contribution is -2.29. The predicted octanol–water partition coefficient (Wildman–Crippen LogP) is 5.70. The van der Waals surface area contributed by atoms with Crippen molar-refractivity contribution in [3.05, 3.63) is 80.9 Å². The van der Waals surface area contributed by atoms with E-state index < -0.39 is 23.7 Å². The van der Waals surface area contributed by atoms with E-state index in [1.54, 1.807) is 32.0 Å². The average Bonchev–Trinajstić information content (AvgIpc) is 3.55. The standard InChI is InChI=1S/C30H30N2O6S/c1-6-37-29(36)27-17(5)31-30(39-27)32-24(19-9-7-18(8-10-19)15(2)3)23(26(34)28(32)35)25(33)20-11-12-22-21(14-20)13-16(4)38-22/h7-12,14-16,24,33H,6,13H2,1-5H3/t16-,24+/m0/s1. The number of esters is 1. The number of fused-ring (bicyclic) bond motifs is 1. The molecule has 39 heavy (non-hydrogen) atoms. The summed E-state index contributed by atoms with van der Waals surface area (Å²) in [5.41, 5.74) is 3.46. The molecule has 2 aliphatic heterocycles. The summed E-state index contributed by atoms with van der Waals surface area (Å²) in [5, 5.41) is 11.7. The van der Waals surface area contributed by atoms with Gasteiger partial charge in [-0.2, -0.15) is 0 Å². The molecule has 3 heterocycles. The van der Waals surface area contributed by atoms with Crippen molar-refractivity contribution in [3.63, 3.8) is 0 Å². The number of hydrogen-bond donors (Lipinski definition) is 1. The summed E-state index contributed by atoms with van der Waals surface area (Å²) in [6.45, 7) is 9.68. The lowest BCUT2D eigenvalue weighted by Gasteiger charge is -2.23. The molecule has 2 aromatic carbocycles. The molecule has 1 fully saturated rings. The van der Waals surface area contributed by atoms with Gasteiger partial charge in [0.1, 0.15) is 22.5 Å². The molecule has 0 unspecified atom stereocenters. The first-order valence-corrected chi connectivity index (χ1v) is 13.8. The van der Waals surface area contributed by atoms with Crippen LogP contribution in [0.5, 0.6) is 5.75 Å². The molecule has 5 rings (SSSR count). The number of aryl methyl sites for hydroxylation is 1. The van der Waals surface area contributed by atoms with E-state index in [-0.39, 0.29) is 40.0 Å². The third-order valence-electron chi connectivity index (χ3n) is 6.98. The van der Waals surface area contributed by atoms with Crippen molar-refractivity contribution < 1.29 is 29.0 Å². The van der Waals surface area contributed by atoms with Gasteiger partial charge in [-0.25, -0.2) is 9.78 Å². The van der Waals surface area contributed by atoms with Crippen molar-refractivity contribution in [2.24, 2.45) is 0 Å². The zero-order chi connectivity index (χ0) is 28.0. The second-order valence-corrected chi connectivity index (χ2v) is 11.1. The highest BCUT2D eigenvalue weighted by Gasteiger charge is 2.48. The highest BCUT2D eigenvalue weighted by atomic mass is 32.1. The van der Waals surface area contributed by atoms with Crippen LogP contribution in [0.4, 0.5) is 5.13 Å². The van der Waals surface area contributed by atoms with E-state index in [2.05, 4.69) is 18.8 Å². The Hall–Kier alpha value is -3.98. The molecule has 1 N–H and O–H groups in total. The van der Waals surface area contributed by atoms with Crippen LogP contribution in [0, 0.1) is 6.92 Å². The van der Waals surface area contributed by atoms with Gasteiger partial charge < -0.3 is 14.6 Å². The molecule has 0 aliphatic carbocycles. The Morgan fingerprint density at radius 1 is 1.21 bits per heavy atom. The number of anilines is 1. The van der Waals surface area contributed by atoms with Crippen LogP contribution in [0.3, 0.4) is 0 Å². The Morgan fingerprint density at radius 3 is 2.59 bits per heavy atom. The van der Waals surface area contributed by atoms with E-state index in [1.165, 1.54) is 4.90 Å². The number of aromatic nitrogens is 1. The SMILES string of the molecule is CCOC(=O)c1sc(N2C(=O)C(=O)C(=C(O)c3ccc4c(c3)C[C@H](C)O4)[C@H]2c2ccc(C(C)C)cc2)nc1C. The number of ether oxygens (including phenoxy) is 2. The van der Waals surface area contributed by atoms with Crippen LogP contribution < -0.4 is 9.64 Å². The molecule has 1 saturated heterocycles. The van der Waals surface area contributed by atoms with Crippen LogP contribution in [0.1, 0.15) is 77.3 Å². The molecule has 2 aliphatic rings. The molecular formula is C30H30N2O6S. The van der Waals surface area contributed by atoms with Crippen LogP contribution in [0.25, 0.3) is 5.76 Å². The second kappa shape index (κ2) is 10.3. The highest BCUT2D eigenvalue weighted by molar-refractivity contribution is 7.17. The van der Waals surface area contributed by atoms with Gasteiger partial charge in [0, 0.05) is 12.0 Å². The number of aliphatic hydroxyl groups is 1. The minimum Gasteiger partial charge on any atom is -0.507 e. The number of benzene rings is 2. The van der Waals surface area contributed by atoms with Crippen LogP contribution in [0.15, 0.2) is 48.0 Å². The molecule has 0 bridgehead atoms. The summed E-state index contributed by atoms with van der Waals surface area (Å²) < 4.78 is 10.9. The predicted molar refractivity (Wildman–Crippen MR) is 148 cm³/mol. The van der Waals surface area contributed by atoms with E-state index in [9.17, 15) is 19.5 Å². The fraction of sp³-hybridized carbons (Fsp3) is 0.333. The highest BCUT2D eigenvalue weighted by Crippen LogP contribution is 2.44. The Morgan fingerprint density at radius 2 is 1.92 bits per heavy atom. The number of nitrogens with zero attached hydrogens (tertiary/aromatic N) is 2. The molecule has 8 nitrogen and oxygen atoms in total. The van der Waals surface area contributed by atoms with Crippen LogP contribution >= 0.6 is 11.3 Å². The van der Waals surface area contributed by atoms with Crippen molar-refractivity contribution in [2.45, 2.75) is 59.1 Å². The minimum atomic E-state index is -0.935. The maximum atomic E-state index is 13.5. The zero-order valence-corrected chi connectivity index (χ0v) is 23.3. The van der Waals surface area contributed by atoms with E-state index in [0.29, 0.717) is 23.2 Å². The third kappa shape index (κ3) is 4.71. The molecule has 1 aromatic heterocycles. The summed E-state index contributed by atoms with van der Waals surface area (Å²) in [6, 6.07) is 11.9. The number of ketones is 1. The zero-order valence-electron chi connectivity index (χ0n) is 22.5. The van der Waals surface area contributed by atoms with E-state index >= 15 is 0 Å². The second-order valence-electron chi connectivity index (χ2n) is 10.1. The van der Waals surface area contributed by atoms with E-state index in [1.807, 2.05) is 31.2 Å². The van der Waals surface area contributed by atoms with Crippen LogP contribution in [-0.4, -0.2) is 40.5 Å². The lowest BCUT2D eigenvalue weighted by atomic mass is 9.93. The minimum absolute atomic E-state index is 0.0178. The molecular weight excluding hydrogens is 516 g/mol. The number of carbonyl (C=O) groups is 3. The Kier molecular flexibility index (Phi) is 7.03. The van der Waals surface area contributed by atoms with Gasteiger partial charge in [0.05, 0.1) is 23.9 Å². The van der Waals surface area contributed by atoms with Crippen molar-refractivity contribution >= 4 is 39.9 Å². The van der Waals surface area contributed by atoms with Gasteiger partial charge in [-0.3, -0.25) is 14.5 Å². The quantitative estimate of drug-likeness (QED) is 0.183. The summed E-state index contributed by atoms with van der Waals surface area (Å²) in [6.07, 6.45) is 0.698. The third-order valence-corrected chi connectivity index (χ3v) is 8.12. The molecule has 0 spiro atoms. The average molecular weight is 547 g/mol. The number of aliphatic hydroxyl groups excluding tert-OH is 1. The van der Waals surface area contributed by atoms with Gasteiger partial charge in [-0.15, -0.1) is 0 Å². The van der Waals surface area contributed by atoms with E-state index in [4.69, 9.17) is 9.47 Å². The Balaban J connectivity index is 1.66. The van der Waals surface area contributed by atoms with Gasteiger partial charge in [-0.1, -0.05) is 49.4 Å². The first-order valence-electron chi connectivity index (χ1n) is 13.0. The van der Waals surface area contributed by atoms with Crippen molar-refractivity contribution in [1.29, 1.82) is 0 Å². The maximum Gasteiger partial charge on any atom is 0.350 e. The van der Waals surface area contributed by atoms with Crippen molar-refractivity contribution in [1.82, 2.24) is 4.98 Å². The maximum absolute atomic E-state index is 13.5. The Labute approximate surface area is 230 Å². The largest absolute Gasteiger partial charge is 0.507 e. The van der Waals surface area contributed by atoms with E-state index in [0.717, 1.165) is 28.2 Å². The topological polar surface area (TPSA) is 106 Å². The molecule has 1 amide bonds. The Bertz CT molecular complexity index is 1500. The fourth-order valence-electron chi connectivity index (χ4n) is 5.00. The summed E-state index contributed by atoms with van der Waals surface area (Å²) in [5.74, 6) is -1.42. The van der Waals surface area contributed by atoms with Gasteiger partial charge in [0.15, 0.2) is 5.13 Å². The van der Waals surface area contributed by atoms with Crippen LogP contribution in [0.2, 0.25) is 0 Å². The number of amides is 1. The van der Waals surface area contributed by atoms with Gasteiger partial charge in [0.25, 0.3) is 5.78 Å². The lowest BCUT2D eigenvalue weighted by molar-refractivity contribution is -0.132. The number of rotatable bonds is 6. The summed E-state index contributed by atoms with van der Waals surface area (Å²) in [4.78, 5) is 45.5. The first-order chi connectivity index (χ1) is 18.6. The number of Topliss-reactive ketones (excluding diaryl/α,β-unsaturated/α-hetero) is 1. The monoisotopic (exact) mass is 546 g/mol. The van der Waals surface area contributed by atoms with Gasteiger partial charge >= 0.3 is 11.9 Å². The number of hydrogen-bond acceptors (Lipinski definition) is 8. The summed E-state index contributed by atoms with van der Waals surface area (Å²) in [7, 11) is 0. The summed E-state index contributed by atoms with van der Waals surface area (Å²) >= 11 is 0.990. The van der Waals surface area contributed by atoms with Gasteiger partial charge in [0.2, 0.25) is 0 Å².